The molecule has 5 heteroatoms. The van der Waals surface area contributed by atoms with Crippen LogP contribution in [0.1, 0.15) is 25.5 Å². The van der Waals surface area contributed by atoms with Gasteiger partial charge in [-0.3, -0.25) is 9.36 Å². The number of rotatable bonds is 3. The minimum Gasteiger partial charge on any atom is -0.369 e. The fraction of sp³-hybridized carbons (Fsp3) is 0.385. The van der Waals surface area contributed by atoms with Gasteiger partial charge in [-0.2, -0.15) is 0 Å². The lowest BCUT2D eigenvalue weighted by Crippen LogP contribution is -2.31. The first-order valence-corrected chi connectivity index (χ1v) is 5.95. The van der Waals surface area contributed by atoms with Gasteiger partial charge >= 0.3 is 0 Å². The highest BCUT2D eigenvalue weighted by atomic mass is 16.1. The molecule has 0 aliphatic rings. The Labute approximate surface area is 106 Å². The van der Waals surface area contributed by atoms with E-state index in [1.807, 2.05) is 39.0 Å². The molecule has 18 heavy (non-hydrogen) atoms. The maximum atomic E-state index is 11.6. The fourth-order valence-corrected chi connectivity index (χ4v) is 2.27. The lowest BCUT2D eigenvalue weighted by molar-refractivity contribution is -0.122. The molecule has 1 aromatic heterocycles. The van der Waals surface area contributed by atoms with E-state index in [9.17, 15) is 4.79 Å². The van der Waals surface area contributed by atoms with Crippen LogP contribution in [0.4, 0.5) is 5.95 Å². The second-order valence-electron chi connectivity index (χ2n) is 4.92. The number of aromatic nitrogens is 2. The van der Waals surface area contributed by atoms with E-state index in [-0.39, 0.29) is 5.92 Å². The lowest BCUT2D eigenvalue weighted by Gasteiger charge is -2.20. The average molecular weight is 246 g/mol. The third-order valence-electron chi connectivity index (χ3n) is 3.07. The molecule has 1 aromatic carbocycles. The van der Waals surface area contributed by atoms with E-state index in [0.717, 1.165) is 16.6 Å². The van der Waals surface area contributed by atoms with E-state index >= 15 is 0 Å². The van der Waals surface area contributed by atoms with E-state index in [0.29, 0.717) is 5.95 Å². The lowest BCUT2D eigenvalue weighted by atomic mass is 10.0. The molecule has 5 nitrogen and oxygen atoms in total. The van der Waals surface area contributed by atoms with Gasteiger partial charge in [0.05, 0.1) is 11.0 Å². The first-order chi connectivity index (χ1) is 8.41. The number of carbonyl (C=O) groups excluding carboxylic acids is 1. The van der Waals surface area contributed by atoms with Crippen LogP contribution in [0.2, 0.25) is 0 Å². The van der Waals surface area contributed by atoms with Crippen molar-refractivity contribution in [3.05, 3.63) is 23.8 Å². The largest absolute Gasteiger partial charge is 0.369 e. The van der Waals surface area contributed by atoms with Gasteiger partial charge in [-0.25, -0.2) is 4.98 Å². The molecule has 4 N–H and O–H groups in total. The van der Waals surface area contributed by atoms with Crippen molar-refractivity contribution in [1.29, 1.82) is 0 Å². The third-order valence-corrected chi connectivity index (χ3v) is 3.07. The summed E-state index contributed by atoms with van der Waals surface area (Å²) in [5.41, 5.74) is 14.1. The second kappa shape index (κ2) is 4.33. The first-order valence-electron chi connectivity index (χ1n) is 5.95. The van der Waals surface area contributed by atoms with Gasteiger partial charge < -0.3 is 11.5 Å². The molecule has 0 aliphatic heterocycles. The molecule has 1 unspecified atom stereocenters. The van der Waals surface area contributed by atoms with Crippen molar-refractivity contribution in [3.63, 3.8) is 0 Å². The van der Waals surface area contributed by atoms with Crippen molar-refractivity contribution in [2.24, 2.45) is 11.7 Å². The highest BCUT2D eigenvalue weighted by Crippen LogP contribution is 2.27. The number of anilines is 1. The van der Waals surface area contributed by atoms with Crippen molar-refractivity contribution in [1.82, 2.24) is 9.55 Å². The van der Waals surface area contributed by atoms with Gasteiger partial charge in [0, 0.05) is 0 Å². The van der Waals surface area contributed by atoms with Gasteiger partial charge in [-0.1, -0.05) is 19.9 Å². The van der Waals surface area contributed by atoms with E-state index in [1.54, 1.807) is 4.57 Å². The maximum absolute atomic E-state index is 11.6. The summed E-state index contributed by atoms with van der Waals surface area (Å²) >= 11 is 0. The minimum absolute atomic E-state index is 0.0588. The van der Waals surface area contributed by atoms with Crippen LogP contribution < -0.4 is 11.5 Å². The molecule has 0 radical (unpaired) electrons. The zero-order valence-corrected chi connectivity index (χ0v) is 10.8. The summed E-state index contributed by atoms with van der Waals surface area (Å²) in [6.07, 6.45) is 0. The molecule has 0 aliphatic carbocycles. The number of nitrogen functional groups attached to an aromatic ring is 1. The molecule has 1 atom stereocenters. The van der Waals surface area contributed by atoms with Crippen LogP contribution in [0.5, 0.6) is 0 Å². The predicted octanol–water partition coefficient (Wildman–Crippen LogP) is 1.61. The number of carbonyl (C=O) groups is 1. The summed E-state index contributed by atoms with van der Waals surface area (Å²) in [7, 11) is 0. The van der Waals surface area contributed by atoms with E-state index in [4.69, 9.17) is 11.5 Å². The summed E-state index contributed by atoms with van der Waals surface area (Å²) in [6, 6.07) is 5.36. The van der Waals surface area contributed by atoms with Crippen molar-refractivity contribution in [3.8, 4) is 0 Å². The van der Waals surface area contributed by atoms with E-state index in [2.05, 4.69) is 4.98 Å². The number of amides is 1. The molecule has 0 spiro atoms. The monoisotopic (exact) mass is 246 g/mol. The number of imidazole rings is 1. The van der Waals surface area contributed by atoms with Crippen molar-refractivity contribution in [2.75, 3.05) is 5.73 Å². The molecular weight excluding hydrogens is 228 g/mol. The highest BCUT2D eigenvalue weighted by molar-refractivity contribution is 5.85. The first kappa shape index (κ1) is 12.4. The number of hydrogen-bond acceptors (Lipinski definition) is 3. The van der Waals surface area contributed by atoms with Crippen molar-refractivity contribution in [2.45, 2.75) is 26.8 Å². The zero-order valence-electron chi connectivity index (χ0n) is 10.8. The van der Waals surface area contributed by atoms with Gasteiger partial charge in [0.25, 0.3) is 0 Å². The fourth-order valence-electron chi connectivity index (χ4n) is 2.27. The quantitative estimate of drug-likeness (QED) is 0.862. The topological polar surface area (TPSA) is 86.9 Å². The number of nitrogens with zero attached hydrogens (tertiary/aromatic N) is 2. The van der Waals surface area contributed by atoms with Crippen molar-refractivity contribution < 1.29 is 4.79 Å². The Balaban J connectivity index is 2.69. The van der Waals surface area contributed by atoms with Gasteiger partial charge in [-0.15, -0.1) is 0 Å². The Kier molecular flexibility index (Phi) is 2.98. The Hall–Kier alpha value is -2.04. The molecule has 2 rings (SSSR count). The van der Waals surface area contributed by atoms with Crippen LogP contribution in [0.25, 0.3) is 11.0 Å². The second-order valence-corrected chi connectivity index (χ2v) is 4.92. The predicted molar refractivity (Wildman–Crippen MR) is 72.0 cm³/mol. The Morgan fingerprint density at radius 1 is 1.39 bits per heavy atom. The van der Waals surface area contributed by atoms with Gasteiger partial charge in [0.15, 0.2) is 0 Å². The van der Waals surface area contributed by atoms with E-state index < -0.39 is 11.9 Å². The highest BCUT2D eigenvalue weighted by Gasteiger charge is 2.25. The minimum atomic E-state index is -0.474. The molecule has 2 aromatic rings. The van der Waals surface area contributed by atoms with Crippen LogP contribution in [0.15, 0.2) is 18.2 Å². The zero-order chi connectivity index (χ0) is 13.4. The van der Waals surface area contributed by atoms with Gasteiger partial charge in [0.1, 0.15) is 6.04 Å². The number of benzene rings is 1. The number of nitrogens with two attached hydrogens (primary N) is 2. The van der Waals surface area contributed by atoms with Crippen LogP contribution in [0, 0.1) is 12.8 Å². The SMILES string of the molecule is Cc1ccc2c(c1)nc(N)n2C(C(N)=O)C(C)C. The molecule has 0 saturated carbocycles. The molecular formula is C13H18N4O. The number of aryl methyl sites for hydroxylation is 1. The third kappa shape index (κ3) is 1.92. The molecule has 0 saturated heterocycles. The van der Waals surface area contributed by atoms with Gasteiger partial charge in [-0.05, 0) is 30.5 Å². The molecule has 0 fully saturated rings. The summed E-state index contributed by atoms with van der Waals surface area (Å²) in [6.45, 7) is 5.87. The van der Waals surface area contributed by atoms with Crippen LogP contribution in [-0.2, 0) is 4.79 Å². The number of hydrogen-bond donors (Lipinski definition) is 2. The van der Waals surface area contributed by atoms with Crippen LogP contribution in [0.3, 0.4) is 0 Å². The summed E-state index contributed by atoms with van der Waals surface area (Å²) in [5, 5.41) is 0. The smallest absolute Gasteiger partial charge is 0.240 e. The van der Waals surface area contributed by atoms with E-state index in [1.165, 1.54) is 0 Å². The van der Waals surface area contributed by atoms with Gasteiger partial charge in [0.2, 0.25) is 11.9 Å². The summed E-state index contributed by atoms with van der Waals surface area (Å²) < 4.78 is 1.72. The van der Waals surface area contributed by atoms with Crippen LogP contribution in [-0.4, -0.2) is 15.5 Å². The van der Waals surface area contributed by atoms with Crippen LogP contribution >= 0.6 is 0 Å². The van der Waals surface area contributed by atoms with Crippen molar-refractivity contribution >= 4 is 22.9 Å². The molecule has 1 amide bonds. The summed E-state index contributed by atoms with van der Waals surface area (Å²) in [4.78, 5) is 15.9. The standard InChI is InChI=1S/C13H18N4O/c1-7(2)11(12(14)18)17-10-5-4-8(3)6-9(10)16-13(17)15/h4-7,11H,1-3H3,(H2,14,18)(H2,15,16). The molecule has 0 bridgehead atoms. The Bertz CT molecular complexity index is 600. The normalized spacial score (nSPS) is 13.1. The Morgan fingerprint density at radius 3 is 2.61 bits per heavy atom. The molecule has 96 valence electrons. The summed E-state index contributed by atoms with van der Waals surface area (Å²) in [5.74, 6) is -0.00632. The molecule has 1 heterocycles. The number of fused-ring (bicyclic) bond motifs is 1. The maximum Gasteiger partial charge on any atom is 0.240 e. The Morgan fingerprint density at radius 2 is 2.06 bits per heavy atom. The average Bonchev–Trinajstić information content (AvgIpc) is 2.54. The number of primary amides is 1.